The lowest BCUT2D eigenvalue weighted by atomic mass is 10.1. The molecule has 134 valence electrons. The minimum atomic E-state index is -0.974. The van der Waals surface area contributed by atoms with Crippen LogP contribution in [0.15, 0.2) is 48.5 Å². The maximum atomic E-state index is 12.9. The normalized spacial score (nSPS) is 14.1. The summed E-state index contributed by atoms with van der Waals surface area (Å²) in [4.78, 5) is 24.1. The number of hydrogen-bond donors (Lipinski definition) is 0. The fraction of sp³-hybridized carbons (Fsp3) is 0.200. The van der Waals surface area contributed by atoms with E-state index in [0.717, 1.165) is 5.56 Å². The van der Waals surface area contributed by atoms with Crippen LogP contribution in [-0.2, 0) is 9.53 Å². The molecule has 0 bridgehead atoms. The van der Waals surface area contributed by atoms with Crippen LogP contribution in [0.3, 0.4) is 0 Å². The maximum Gasteiger partial charge on any atom is 0.331 e. The molecule has 1 atom stereocenters. The molecule has 26 heavy (non-hydrogen) atoms. The predicted molar refractivity (Wildman–Crippen MR) is 92.8 cm³/mol. The molecule has 0 amide bonds. The summed E-state index contributed by atoms with van der Waals surface area (Å²) in [7, 11) is 0. The second-order valence-corrected chi connectivity index (χ2v) is 5.69. The standard InChI is InChI=1S/C20H17FO5/c1-13(20(23)15-4-6-16(21)7-5-15)26-19(22)9-3-14-2-8-17-18(12-14)25-11-10-24-17/h2-9,12-13H,10-11H2,1H3. The lowest BCUT2D eigenvalue weighted by molar-refractivity contribution is -0.140. The molecule has 1 aliphatic rings. The van der Waals surface area contributed by atoms with E-state index in [1.165, 1.54) is 37.3 Å². The van der Waals surface area contributed by atoms with Gasteiger partial charge in [-0.3, -0.25) is 4.79 Å². The fourth-order valence-corrected chi connectivity index (χ4v) is 2.44. The second kappa shape index (κ2) is 7.82. The third-order valence-corrected chi connectivity index (χ3v) is 3.77. The van der Waals surface area contributed by atoms with Gasteiger partial charge in [0.15, 0.2) is 17.6 Å². The van der Waals surface area contributed by atoms with Gasteiger partial charge in [-0.15, -0.1) is 0 Å². The zero-order valence-electron chi connectivity index (χ0n) is 14.1. The quantitative estimate of drug-likeness (QED) is 0.467. The summed E-state index contributed by atoms with van der Waals surface area (Å²) < 4.78 is 28.9. The van der Waals surface area contributed by atoms with Gasteiger partial charge in [0.1, 0.15) is 19.0 Å². The summed E-state index contributed by atoms with van der Waals surface area (Å²) in [5, 5.41) is 0. The zero-order valence-corrected chi connectivity index (χ0v) is 14.1. The fourth-order valence-electron chi connectivity index (χ4n) is 2.44. The van der Waals surface area contributed by atoms with Gasteiger partial charge in [-0.05, 0) is 55.0 Å². The van der Waals surface area contributed by atoms with Crippen LogP contribution in [0.2, 0.25) is 0 Å². The largest absolute Gasteiger partial charge is 0.486 e. The Balaban J connectivity index is 1.60. The van der Waals surface area contributed by atoms with Crippen LogP contribution < -0.4 is 9.47 Å². The molecular weight excluding hydrogens is 339 g/mol. The molecule has 0 spiro atoms. The molecule has 3 rings (SSSR count). The molecule has 0 radical (unpaired) electrons. The minimum absolute atomic E-state index is 0.280. The number of Topliss-reactive ketones (excluding diaryl/α,β-unsaturated/α-hetero) is 1. The molecule has 0 N–H and O–H groups in total. The Labute approximate surface area is 150 Å². The predicted octanol–water partition coefficient (Wildman–Crippen LogP) is 3.42. The van der Waals surface area contributed by atoms with E-state index in [0.29, 0.717) is 24.7 Å². The van der Waals surface area contributed by atoms with Crippen molar-refractivity contribution < 1.29 is 28.2 Å². The van der Waals surface area contributed by atoms with Gasteiger partial charge >= 0.3 is 5.97 Å². The SMILES string of the molecule is CC(OC(=O)C=Cc1ccc2c(c1)OCCO2)C(=O)c1ccc(F)cc1. The van der Waals surface area contributed by atoms with Gasteiger partial charge in [-0.2, -0.15) is 0 Å². The molecule has 2 aromatic carbocycles. The number of ketones is 1. The van der Waals surface area contributed by atoms with E-state index in [4.69, 9.17) is 14.2 Å². The van der Waals surface area contributed by atoms with Crippen molar-refractivity contribution in [3.05, 3.63) is 65.5 Å². The number of carbonyl (C=O) groups is 2. The minimum Gasteiger partial charge on any atom is -0.486 e. The number of carbonyl (C=O) groups excluding carboxylic acids is 2. The molecule has 1 unspecified atom stereocenters. The molecule has 0 aromatic heterocycles. The average Bonchev–Trinajstić information content (AvgIpc) is 2.66. The van der Waals surface area contributed by atoms with Crippen molar-refractivity contribution in [3.8, 4) is 11.5 Å². The van der Waals surface area contributed by atoms with Gasteiger partial charge in [-0.1, -0.05) is 6.07 Å². The first-order valence-corrected chi connectivity index (χ1v) is 8.11. The van der Waals surface area contributed by atoms with Gasteiger partial charge in [0.2, 0.25) is 5.78 Å². The Morgan fingerprint density at radius 2 is 1.77 bits per heavy atom. The van der Waals surface area contributed by atoms with Crippen molar-refractivity contribution in [2.24, 2.45) is 0 Å². The Bertz CT molecular complexity index is 842. The first-order valence-electron chi connectivity index (χ1n) is 8.11. The van der Waals surface area contributed by atoms with Crippen molar-refractivity contribution in [3.63, 3.8) is 0 Å². The van der Waals surface area contributed by atoms with Crippen LogP contribution in [0.4, 0.5) is 4.39 Å². The van der Waals surface area contributed by atoms with E-state index < -0.39 is 23.7 Å². The number of esters is 1. The maximum absolute atomic E-state index is 12.9. The van der Waals surface area contributed by atoms with Crippen molar-refractivity contribution in [1.82, 2.24) is 0 Å². The summed E-state index contributed by atoms with van der Waals surface area (Å²) in [6.45, 7) is 2.46. The summed E-state index contributed by atoms with van der Waals surface area (Å²) in [6.07, 6.45) is 1.83. The van der Waals surface area contributed by atoms with E-state index in [1.54, 1.807) is 24.3 Å². The topological polar surface area (TPSA) is 61.8 Å². The van der Waals surface area contributed by atoms with Gasteiger partial charge in [0.25, 0.3) is 0 Å². The Hall–Kier alpha value is -3.15. The van der Waals surface area contributed by atoms with Crippen molar-refractivity contribution in [2.75, 3.05) is 13.2 Å². The third kappa shape index (κ3) is 4.27. The number of rotatable bonds is 5. The zero-order chi connectivity index (χ0) is 18.5. The van der Waals surface area contributed by atoms with Crippen molar-refractivity contribution >= 4 is 17.8 Å². The van der Waals surface area contributed by atoms with Gasteiger partial charge in [-0.25, -0.2) is 9.18 Å². The highest BCUT2D eigenvalue weighted by atomic mass is 19.1. The lowest BCUT2D eigenvalue weighted by Crippen LogP contribution is -2.23. The molecule has 0 fully saturated rings. The van der Waals surface area contributed by atoms with Crippen LogP contribution in [0.5, 0.6) is 11.5 Å². The highest BCUT2D eigenvalue weighted by Crippen LogP contribution is 2.31. The monoisotopic (exact) mass is 356 g/mol. The lowest BCUT2D eigenvalue weighted by Gasteiger charge is -2.18. The van der Waals surface area contributed by atoms with Crippen LogP contribution in [0.25, 0.3) is 6.08 Å². The number of halogens is 1. The Kier molecular flexibility index (Phi) is 5.31. The van der Waals surface area contributed by atoms with Crippen LogP contribution >= 0.6 is 0 Å². The summed E-state index contributed by atoms with van der Waals surface area (Å²) in [5.41, 5.74) is 1.02. The summed E-state index contributed by atoms with van der Waals surface area (Å²) in [5.74, 6) is -0.205. The highest BCUT2D eigenvalue weighted by Gasteiger charge is 2.18. The third-order valence-electron chi connectivity index (χ3n) is 3.77. The molecule has 1 heterocycles. The number of fused-ring (bicyclic) bond motifs is 1. The molecule has 0 saturated heterocycles. The molecule has 5 nitrogen and oxygen atoms in total. The summed E-state index contributed by atoms with van der Waals surface area (Å²) in [6, 6.07) is 10.4. The highest BCUT2D eigenvalue weighted by molar-refractivity contribution is 6.01. The number of hydrogen-bond acceptors (Lipinski definition) is 5. The van der Waals surface area contributed by atoms with Crippen LogP contribution in [0.1, 0.15) is 22.8 Å². The molecule has 0 saturated carbocycles. The Morgan fingerprint density at radius 3 is 2.50 bits per heavy atom. The first kappa shape index (κ1) is 17.7. The van der Waals surface area contributed by atoms with E-state index in [1.807, 2.05) is 0 Å². The van der Waals surface area contributed by atoms with E-state index >= 15 is 0 Å². The average molecular weight is 356 g/mol. The van der Waals surface area contributed by atoms with E-state index in [2.05, 4.69) is 0 Å². The molecule has 0 aliphatic carbocycles. The molecule has 2 aromatic rings. The van der Waals surface area contributed by atoms with Gasteiger partial charge in [0.05, 0.1) is 0 Å². The second-order valence-electron chi connectivity index (χ2n) is 5.69. The van der Waals surface area contributed by atoms with Crippen molar-refractivity contribution in [1.29, 1.82) is 0 Å². The van der Waals surface area contributed by atoms with Gasteiger partial charge in [0, 0.05) is 11.6 Å². The smallest absolute Gasteiger partial charge is 0.331 e. The number of benzene rings is 2. The van der Waals surface area contributed by atoms with Crippen molar-refractivity contribution in [2.45, 2.75) is 13.0 Å². The van der Waals surface area contributed by atoms with Gasteiger partial charge < -0.3 is 14.2 Å². The van der Waals surface area contributed by atoms with E-state index in [9.17, 15) is 14.0 Å². The van der Waals surface area contributed by atoms with Crippen LogP contribution in [-0.4, -0.2) is 31.1 Å². The van der Waals surface area contributed by atoms with Crippen LogP contribution in [0, 0.1) is 5.82 Å². The first-order chi connectivity index (χ1) is 12.5. The molecule has 6 heteroatoms. The molecular formula is C20H17FO5. The summed E-state index contributed by atoms with van der Waals surface area (Å²) >= 11 is 0. The van der Waals surface area contributed by atoms with E-state index in [-0.39, 0.29) is 5.56 Å². The number of ether oxygens (including phenoxy) is 3. The molecule has 1 aliphatic heterocycles. The Morgan fingerprint density at radius 1 is 1.08 bits per heavy atom.